The molecular formula is C73H89Cl3Cs2F4N16O4. The van der Waals surface area contributed by atoms with Gasteiger partial charge in [-0.05, 0) is 191 Å². The maximum absolute atomic E-state index is 14.5. The summed E-state index contributed by atoms with van der Waals surface area (Å²) in [6, 6.07) is 33.8. The number of amides is 1. The van der Waals surface area contributed by atoms with Crippen molar-refractivity contribution < 1.29 is 177 Å². The molecule has 0 radical (unpaired) electrons. The van der Waals surface area contributed by atoms with Gasteiger partial charge in [-0.1, -0.05) is 120 Å². The first kappa shape index (κ1) is 91.3. The third kappa shape index (κ3) is 28.4. The molecule has 102 heavy (non-hydrogen) atoms. The quantitative estimate of drug-likeness (QED) is 0.00855. The van der Waals surface area contributed by atoms with Crippen molar-refractivity contribution in [2.45, 2.75) is 176 Å². The molecule has 29 heteroatoms. The standard InChI is InChI=1S/C20H23FN4.C19H24FN5O.C13H15ClFN3.C7H9N.C7H15N.C6HCl2FN2.CH2O3.2Cs.H/c1-4-17(20(3)8-9-20)24-19-16(21)11-14(12-22)18(25-19)23-15-7-5-6-13(2)10-15;1-3-15(19(22)7-8-19)24-18-14(20)10-13(16(21)26)17(25-18)23-12-6-4-5-11(2)9-12;1-3-10(13(2)4-5-13)17-12-9(15)6-8(7-16)11(14)18-12;1-6-3-2-4-7(8)5-6;1-3-6(8)7(2)4-5-7;7-5-3(2-10)1-4(9)6(8)11-5;2-1-4-3;;;/h5-7,10-11,17H,4,8-9H2,1-3H3,(H2,23,24,25);4-6,9-10,15H,3,7-8,22H2,1-2H3,(H2,21,26)(H2,23,24,25);6,10H,3-5H2,1-2H3,(H,17,18);2-5H,8H2,1H3;6H,3-5,8H2,1-2H3;1H;1,3H;;;/q;;;;;;;2*+1;-1/p-1/t17-;15-;10-;;6-;;;;;/m000.0...../s1. The number of primary amides is 1. The maximum Gasteiger partial charge on any atom is 1.00 e. The van der Waals surface area contributed by atoms with Crippen LogP contribution in [0.4, 0.5) is 63.7 Å². The van der Waals surface area contributed by atoms with Crippen molar-refractivity contribution in [1.82, 2.24) is 19.9 Å². The van der Waals surface area contributed by atoms with E-state index in [1.54, 1.807) is 6.07 Å². The van der Waals surface area contributed by atoms with Crippen LogP contribution in [0.5, 0.6) is 0 Å². The van der Waals surface area contributed by atoms with E-state index in [9.17, 15) is 27.6 Å². The average molecular weight is 1700 g/mol. The fraction of sp³-hybridized carbons (Fsp3) is 0.411. The maximum atomic E-state index is 14.5. The molecule has 4 aromatic heterocycles. The number of aromatic nitrogens is 4. The number of anilines is 8. The molecule has 0 saturated heterocycles. The Morgan fingerprint density at radius 3 is 1.31 bits per heavy atom. The topological polar surface area (TPSA) is 354 Å². The van der Waals surface area contributed by atoms with Crippen LogP contribution >= 0.6 is 34.8 Å². The van der Waals surface area contributed by atoms with Crippen molar-refractivity contribution in [2.24, 2.45) is 33.4 Å². The zero-order chi connectivity index (χ0) is 74.3. The number of benzene rings is 3. The molecule has 536 valence electrons. The largest absolute Gasteiger partial charge is 1.00 e. The number of rotatable bonds is 20. The van der Waals surface area contributed by atoms with Gasteiger partial charge in [-0.25, -0.2) is 37.5 Å². The van der Waals surface area contributed by atoms with Crippen molar-refractivity contribution in [2.75, 3.05) is 32.3 Å². The minimum atomic E-state index is -0.748. The molecule has 0 unspecified atom stereocenters. The Morgan fingerprint density at radius 1 is 0.569 bits per heavy atom. The van der Waals surface area contributed by atoms with Crippen LogP contribution < -0.4 is 193 Å². The number of nitrogens with one attached hydrogen (secondary N) is 5. The molecule has 7 aromatic rings. The number of nitrogens with zero attached hydrogens (tertiary/aromatic N) is 7. The second-order valence-electron chi connectivity index (χ2n) is 26.0. The number of carbonyl (C=O) groups is 2. The van der Waals surface area contributed by atoms with Crippen LogP contribution in [0.1, 0.15) is 171 Å². The van der Waals surface area contributed by atoms with Crippen LogP contribution in [-0.4, -0.2) is 62.0 Å². The van der Waals surface area contributed by atoms with E-state index in [1.165, 1.54) is 24.5 Å². The van der Waals surface area contributed by atoms with Gasteiger partial charge < -0.3 is 61.1 Å². The predicted octanol–water partition coefficient (Wildman–Crippen LogP) is 9.98. The van der Waals surface area contributed by atoms with E-state index in [1.807, 2.05) is 113 Å². The third-order valence-corrected chi connectivity index (χ3v) is 18.7. The van der Waals surface area contributed by atoms with Crippen LogP contribution in [0.3, 0.4) is 0 Å². The Bertz CT molecular complexity index is 4070. The van der Waals surface area contributed by atoms with E-state index in [4.69, 9.17) is 78.3 Å². The van der Waals surface area contributed by atoms with Gasteiger partial charge in [-0.3, -0.25) is 9.59 Å². The summed E-state index contributed by atoms with van der Waals surface area (Å²) >= 11 is 16.5. The first-order valence-corrected chi connectivity index (χ1v) is 33.8. The van der Waals surface area contributed by atoms with E-state index in [0.29, 0.717) is 17.3 Å². The monoisotopic (exact) mass is 1700 g/mol. The van der Waals surface area contributed by atoms with Crippen molar-refractivity contribution in [3.63, 3.8) is 0 Å². The number of halogens is 7. The number of aryl methyl sites for hydroxylation is 3. The summed E-state index contributed by atoms with van der Waals surface area (Å²) in [6.07, 6.45) is 12.7. The Labute approximate surface area is 730 Å². The predicted molar refractivity (Wildman–Crippen MR) is 387 cm³/mol. The van der Waals surface area contributed by atoms with E-state index in [-0.39, 0.29) is 241 Å². The summed E-state index contributed by atoms with van der Waals surface area (Å²) in [6.45, 7) is 20.8. The number of nitrogens with two attached hydrogens (primary N) is 4. The fourth-order valence-corrected chi connectivity index (χ4v) is 11.1. The van der Waals surface area contributed by atoms with Gasteiger partial charge in [0.1, 0.15) is 34.3 Å². The molecular weight excluding hydrogens is 1610 g/mol. The fourth-order valence-electron chi connectivity index (χ4n) is 10.5. The van der Waals surface area contributed by atoms with E-state index < -0.39 is 29.2 Å². The van der Waals surface area contributed by atoms with Crippen LogP contribution in [0, 0.1) is 94.3 Å². The van der Waals surface area contributed by atoms with Crippen molar-refractivity contribution in [3.05, 3.63) is 175 Å². The zero-order valence-electron chi connectivity index (χ0n) is 60.8. The zero-order valence-corrected chi connectivity index (χ0v) is 74.7. The normalized spacial score (nSPS) is 15.2. The first-order chi connectivity index (χ1) is 47.3. The number of hydrogen-bond acceptors (Lipinski definition) is 19. The van der Waals surface area contributed by atoms with Crippen molar-refractivity contribution in [1.29, 1.82) is 15.8 Å². The molecule has 4 atom stereocenters. The Morgan fingerprint density at radius 2 is 0.951 bits per heavy atom. The minimum absolute atomic E-state index is 0. The van der Waals surface area contributed by atoms with Gasteiger partial charge in [0.15, 0.2) is 51.7 Å². The molecule has 0 spiro atoms. The van der Waals surface area contributed by atoms with Gasteiger partial charge in [0.25, 0.3) is 12.4 Å². The van der Waals surface area contributed by atoms with Gasteiger partial charge in [-0.2, -0.15) is 15.8 Å². The Hall–Kier alpha value is -4.96. The molecule has 11 rings (SSSR count). The second kappa shape index (κ2) is 43.0. The molecule has 4 saturated carbocycles. The van der Waals surface area contributed by atoms with Crippen LogP contribution in [-0.2, 0) is 9.68 Å². The summed E-state index contributed by atoms with van der Waals surface area (Å²) in [7, 11) is 0. The number of nitrogen functional groups attached to an aromatic ring is 1. The van der Waals surface area contributed by atoms with Gasteiger partial charge >= 0.3 is 138 Å². The van der Waals surface area contributed by atoms with Gasteiger partial charge in [0, 0.05) is 46.8 Å². The minimum Gasteiger partial charge on any atom is -1.00 e. The summed E-state index contributed by atoms with van der Waals surface area (Å²) < 4.78 is 55.2. The molecule has 0 bridgehead atoms. The second-order valence-corrected chi connectivity index (χ2v) is 27.1. The molecule has 4 aliphatic rings. The van der Waals surface area contributed by atoms with Crippen LogP contribution in [0.2, 0.25) is 15.5 Å². The molecule has 1 amide bonds. The number of pyridine rings is 4. The van der Waals surface area contributed by atoms with Gasteiger partial charge in [0.05, 0.1) is 22.3 Å². The van der Waals surface area contributed by atoms with Gasteiger partial charge in [-0.15, -0.1) is 0 Å². The molecule has 20 nitrogen and oxygen atoms in total. The summed E-state index contributed by atoms with van der Waals surface area (Å²) in [5, 5.41) is 50.1. The molecule has 4 fully saturated rings. The van der Waals surface area contributed by atoms with E-state index >= 15 is 0 Å². The first-order valence-electron chi connectivity index (χ1n) is 32.7. The molecule has 4 aliphatic carbocycles. The number of carbonyl (C=O) groups excluding carboxylic acids is 2. The summed E-state index contributed by atoms with van der Waals surface area (Å²) in [5.74, 6) is -2.16. The summed E-state index contributed by atoms with van der Waals surface area (Å²) in [4.78, 5) is 39.0. The Balaban J connectivity index is 0.000000434. The van der Waals surface area contributed by atoms with Crippen molar-refractivity contribution >= 4 is 93.3 Å². The van der Waals surface area contributed by atoms with E-state index in [0.717, 1.165) is 111 Å². The van der Waals surface area contributed by atoms with Crippen LogP contribution in [0.25, 0.3) is 0 Å². The SMILES string of the molecule is CC[C@H](N)C1(C)CC1.CC[C@H](Nc1nc(Cl)c(C#N)cc1F)C1(C)CC1.CC[C@H](Nc1nc(Nc2cccc(C)c2)c(C#N)cc1F)C1(C)CC1.CC[C@H](Nc1nc(Nc2cccc(C)c2)c(C(N)=O)cc1F)C1(N)CC1.Cc1cccc(N)c1.N#Cc1cc(F)c(Cl)nc1Cl.O=CO[O-].[Cs+].[Cs+].[H-]. The molecule has 3 aromatic carbocycles. The van der Waals surface area contributed by atoms with Crippen molar-refractivity contribution in [3.8, 4) is 18.2 Å². The summed E-state index contributed by atoms with van der Waals surface area (Å²) in [5.41, 5.74) is 29.5. The molecule has 4 heterocycles. The van der Waals surface area contributed by atoms with Crippen LogP contribution in [0.15, 0.2) is 97.1 Å². The smallest absolute Gasteiger partial charge is 1.00 e. The molecule has 13 N–H and O–H groups in total. The number of nitriles is 3. The Kier molecular flexibility index (Phi) is 38.5. The number of hydrogen-bond donors (Lipinski definition) is 9. The third-order valence-electron chi connectivity index (χ3n) is 17.9. The van der Waals surface area contributed by atoms with E-state index in [2.05, 4.69) is 92.9 Å². The average Bonchev–Trinajstić information content (AvgIpc) is 1.67. The molecule has 0 aliphatic heterocycles. The van der Waals surface area contributed by atoms with Gasteiger partial charge in [0.2, 0.25) is 0 Å².